The topological polar surface area (TPSA) is 79.4 Å². The molecule has 2 amide bonds. The molecule has 126 valence electrons. The van der Waals surface area contributed by atoms with Gasteiger partial charge in [0.2, 0.25) is 11.7 Å². The Labute approximate surface area is 143 Å². The molecule has 0 aliphatic carbocycles. The van der Waals surface area contributed by atoms with Gasteiger partial charge in [0.05, 0.1) is 15.2 Å². The summed E-state index contributed by atoms with van der Waals surface area (Å²) in [6.07, 6.45) is 1.62. The molecule has 1 unspecified atom stereocenters. The normalized spacial score (nSPS) is 17.3. The molecule has 7 heteroatoms. The second-order valence-electron chi connectivity index (χ2n) is 6.03. The molecule has 1 fully saturated rings. The molecule has 1 saturated heterocycles. The van der Waals surface area contributed by atoms with Crippen LogP contribution in [0.1, 0.15) is 17.0 Å². The van der Waals surface area contributed by atoms with Crippen molar-refractivity contribution in [3.8, 4) is 0 Å². The highest BCUT2D eigenvalue weighted by molar-refractivity contribution is 7.18. The number of carbonyl (C=O) groups excluding carboxylic acids is 3. The van der Waals surface area contributed by atoms with Crippen LogP contribution in [0.4, 0.5) is 0 Å². The van der Waals surface area contributed by atoms with Crippen molar-refractivity contribution in [2.75, 3.05) is 20.1 Å². The number of ketones is 1. The van der Waals surface area contributed by atoms with Gasteiger partial charge in [-0.05, 0) is 37.5 Å². The molecule has 0 bridgehead atoms. The summed E-state index contributed by atoms with van der Waals surface area (Å²) in [4.78, 5) is 41.0. The molecule has 2 aromatic rings. The number of nitrogens with zero attached hydrogens (tertiary/aromatic N) is 2. The van der Waals surface area contributed by atoms with Crippen molar-refractivity contribution < 1.29 is 14.4 Å². The Kier molecular flexibility index (Phi) is 4.62. The van der Waals surface area contributed by atoms with E-state index >= 15 is 0 Å². The van der Waals surface area contributed by atoms with Crippen LogP contribution in [-0.4, -0.2) is 47.6 Å². The minimum Gasteiger partial charge on any atom is -0.348 e. The zero-order chi connectivity index (χ0) is 17.3. The van der Waals surface area contributed by atoms with Crippen molar-refractivity contribution >= 4 is 39.2 Å². The predicted molar refractivity (Wildman–Crippen MR) is 91.8 cm³/mol. The minimum atomic E-state index is -0.864. The highest BCUT2D eigenvalue weighted by Gasteiger charge is 2.38. The largest absolute Gasteiger partial charge is 0.348 e. The van der Waals surface area contributed by atoms with Gasteiger partial charge >= 0.3 is 0 Å². The summed E-state index contributed by atoms with van der Waals surface area (Å²) in [7, 11) is 1.67. The van der Waals surface area contributed by atoms with Gasteiger partial charge in [0.1, 0.15) is 5.92 Å². The number of amides is 2. The van der Waals surface area contributed by atoms with Crippen molar-refractivity contribution in [2.45, 2.75) is 19.8 Å². The van der Waals surface area contributed by atoms with Crippen LogP contribution >= 0.6 is 11.3 Å². The summed E-state index contributed by atoms with van der Waals surface area (Å²) >= 11 is 1.68. The monoisotopic (exact) mass is 345 g/mol. The molecule has 0 radical (unpaired) electrons. The zero-order valence-corrected chi connectivity index (χ0v) is 14.5. The number of carbonyl (C=O) groups is 3. The molecular weight excluding hydrogens is 326 g/mol. The second-order valence-corrected chi connectivity index (χ2v) is 7.26. The Morgan fingerprint density at radius 3 is 2.92 bits per heavy atom. The summed E-state index contributed by atoms with van der Waals surface area (Å²) < 4.78 is 1.18. The van der Waals surface area contributed by atoms with Crippen molar-refractivity contribution in [3.63, 3.8) is 0 Å². The maximum atomic E-state index is 12.2. The van der Waals surface area contributed by atoms with Gasteiger partial charge < -0.3 is 10.2 Å². The van der Waals surface area contributed by atoms with E-state index < -0.39 is 17.6 Å². The fourth-order valence-electron chi connectivity index (χ4n) is 2.87. The first-order valence-corrected chi connectivity index (χ1v) is 8.70. The summed E-state index contributed by atoms with van der Waals surface area (Å²) in [5.41, 5.74) is 2.20. The molecule has 0 saturated carbocycles. The quantitative estimate of drug-likeness (QED) is 0.655. The number of nitrogens with one attached hydrogen (secondary N) is 1. The van der Waals surface area contributed by atoms with Crippen LogP contribution < -0.4 is 5.32 Å². The Bertz CT molecular complexity index is 815. The molecule has 1 N–H and O–H groups in total. The third-order valence-corrected chi connectivity index (χ3v) is 5.15. The lowest BCUT2D eigenvalue weighted by molar-refractivity contribution is -0.143. The fraction of sp³-hybridized carbons (Fsp3) is 0.412. The number of aryl methyl sites for hydroxylation is 2. The number of fused-ring (bicyclic) bond motifs is 1. The van der Waals surface area contributed by atoms with Gasteiger partial charge in [0, 0.05) is 20.1 Å². The molecule has 3 rings (SSSR count). The molecular formula is C17H19N3O3S. The molecule has 6 nitrogen and oxygen atoms in total. The predicted octanol–water partition coefficient (Wildman–Crippen LogP) is 1.31. The van der Waals surface area contributed by atoms with Crippen molar-refractivity contribution in [1.82, 2.24) is 15.2 Å². The van der Waals surface area contributed by atoms with Gasteiger partial charge in [-0.2, -0.15) is 0 Å². The van der Waals surface area contributed by atoms with Crippen molar-refractivity contribution in [1.29, 1.82) is 0 Å². The molecule has 1 aliphatic heterocycles. The highest BCUT2D eigenvalue weighted by Crippen LogP contribution is 2.23. The fourth-order valence-corrected chi connectivity index (χ4v) is 3.68. The first kappa shape index (κ1) is 16.6. The van der Waals surface area contributed by atoms with Crippen LogP contribution in [0.2, 0.25) is 0 Å². The summed E-state index contributed by atoms with van der Waals surface area (Å²) in [5.74, 6) is -2.44. The standard InChI is InChI=1S/C17H19N3O3S/c1-10-19-13-8-11(5-6-14(13)24-10)4-3-7-20(2)17(23)12-9-18-16(22)15(12)21/h5-6,8,12H,3-4,7,9H2,1-2H3,(H,18,22). The van der Waals surface area contributed by atoms with E-state index in [1.807, 2.05) is 6.92 Å². The summed E-state index contributed by atoms with van der Waals surface area (Å²) in [6.45, 7) is 2.65. The van der Waals surface area contributed by atoms with Gasteiger partial charge in [0.25, 0.3) is 5.91 Å². The third-order valence-electron chi connectivity index (χ3n) is 4.20. The molecule has 0 spiro atoms. The zero-order valence-electron chi connectivity index (χ0n) is 13.7. The Hall–Kier alpha value is -2.28. The lowest BCUT2D eigenvalue weighted by Crippen LogP contribution is -2.37. The maximum absolute atomic E-state index is 12.2. The van der Waals surface area contributed by atoms with Gasteiger partial charge in [0.15, 0.2) is 0 Å². The first-order chi connectivity index (χ1) is 11.5. The van der Waals surface area contributed by atoms with E-state index in [4.69, 9.17) is 0 Å². The number of thiazole rings is 1. The van der Waals surface area contributed by atoms with Crippen LogP contribution in [0.25, 0.3) is 10.2 Å². The summed E-state index contributed by atoms with van der Waals surface area (Å²) in [5, 5.41) is 3.47. The van der Waals surface area contributed by atoms with Crippen LogP contribution in [0.5, 0.6) is 0 Å². The van der Waals surface area contributed by atoms with Crippen LogP contribution in [-0.2, 0) is 20.8 Å². The number of hydrogen-bond acceptors (Lipinski definition) is 5. The molecule has 24 heavy (non-hydrogen) atoms. The third kappa shape index (κ3) is 3.31. The lowest BCUT2D eigenvalue weighted by Gasteiger charge is -2.19. The van der Waals surface area contributed by atoms with Crippen LogP contribution in [0.3, 0.4) is 0 Å². The van der Waals surface area contributed by atoms with Crippen molar-refractivity contribution in [3.05, 3.63) is 28.8 Å². The molecule has 1 aromatic heterocycles. The average molecular weight is 345 g/mol. The van der Waals surface area contributed by atoms with E-state index in [9.17, 15) is 14.4 Å². The maximum Gasteiger partial charge on any atom is 0.288 e. The van der Waals surface area contributed by atoms with Gasteiger partial charge in [-0.25, -0.2) is 4.98 Å². The smallest absolute Gasteiger partial charge is 0.288 e. The average Bonchev–Trinajstić information content (AvgIpc) is 3.08. The van der Waals surface area contributed by atoms with Gasteiger partial charge in [-0.1, -0.05) is 6.07 Å². The van der Waals surface area contributed by atoms with Crippen LogP contribution in [0.15, 0.2) is 18.2 Å². The minimum absolute atomic E-state index is 0.112. The Morgan fingerprint density at radius 2 is 2.21 bits per heavy atom. The molecule has 2 heterocycles. The SMILES string of the molecule is Cc1nc2cc(CCCN(C)C(=O)C3CNC(=O)C3=O)ccc2s1. The van der Waals surface area contributed by atoms with Gasteiger partial charge in [-0.15, -0.1) is 11.3 Å². The number of benzene rings is 1. The Morgan fingerprint density at radius 1 is 1.42 bits per heavy atom. The number of hydrogen-bond donors (Lipinski definition) is 1. The molecule has 1 atom stereocenters. The Balaban J connectivity index is 1.54. The number of Topliss-reactive ketones (excluding diaryl/α,β-unsaturated/α-hetero) is 1. The second kappa shape index (κ2) is 6.68. The van der Waals surface area contributed by atoms with E-state index in [1.165, 1.54) is 15.2 Å². The molecule has 1 aliphatic rings. The lowest BCUT2D eigenvalue weighted by atomic mass is 10.1. The van der Waals surface area contributed by atoms with E-state index in [2.05, 4.69) is 28.5 Å². The van der Waals surface area contributed by atoms with E-state index in [0.717, 1.165) is 23.4 Å². The number of aromatic nitrogens is 1. The van der Waals surface area contributed by atoms with E-state index in [0.29, 0.717) is 6.54 Å². The first-order valence-electron chi connectivity index (χ1n) is 7.89. The summed E-state index contributed by atoms with van der Waals surface area (Å²) in [6, 6.07) is 6.26. The molecule has 1 aromatic carbocycles. The van der Waals surface area contributed by atoms with E-state index in [-0.39, 0.29) is 12.5 Å². The van der Waals surface area contributed by atoms with Gasteiger partial charge in [-0.3, -0.25) is 14.4 Å². The highest BCUT2D eigenvalue weighted by atomic mass is 32.1. The van der Waals surface area contributed by atoms with Crippen LogP contribution in [0, 0.1) is 12.8 Å². The van der Waals surface area contributed by atoms with Crippen molar-refractivity contribution in [2.24, 2.45) is 5.92 Å². The number of rotatable bonds is 5. The van der Waals surface area contributed by atoms with E-state index in [1.54, 1.807) is 18.4 Å².